The van der Waals surface area contributed by atoms with Gasteiger partial charge in [0.05, 0.1) is 5.39 Å². The minimum Gasteiger partial charge on any atom is -0.480 e. The smallest absolute Gasteiger partial charge is 0.326 e. The van der Waals surface area contributed by atoms with Gasteiger partial charge in [-0.25, -0.2) is 14.8 Å². The molecule has 2 heterocycles. The van der Waals surface area contributed by atoms with Crippen molar-refractivity contribution in [2.24, 2.45) is 0 Å². The number of nitrogens with zero attached hydrogens (tertiary/aromatic N) is 2. The number of rotatable bonds is 5. The molecular formula is C16H14ClN3O2S. The Hall–Kier alpha value is -2.18. The number of carbonyl (C=O) groups is 1. The van der Waals surface area contributed by atoms with E-state index in [9.17, 15) is 9.90 Å². The average Bonchev–Trinajstić information content (AvgIpc) is 2.98. The number of aliphatic carboxylic acids is 1. The predicted octanol–water partition coefficient (Wildman–Crippen LogP) is 4.29. The second kappa shape index (κ2) is 6.52. The van der Waals surface area contributed by atoms with E-state index in [-0.39, 0.29) is 0 Å². The highest BCUT2D eigenvalue weighted by molar-refractivity contribution is 7.17. The molecular weight excluding hydrogens is 334 g/mol. The first-order chi connectivity index (χ1) is 11.1. The monoisotopic (exact) mass is 347 g/mol. The van der Waals surface area contributed by atoms with E-state index in [1.54, 1.807) is 0 Å². The van der Waals surface area contributed by atoms with Crippen LogP contribution in [0.5, 0.6) is 0 Å². The summed E-state index contributed by atoms with van der Waals surface area (Å²) in [4.78, 5) is 20.6. The van der Waals surface area contributed by atoms with Crippen molar-refractivity contribution in [2.75, 3.05) is 5.32 Å². The maximum absolute atomic E-state index is 11.3. The standard InChI is InChI=1S/C16H14ClN3O2S/c1-2-12(16(21)22)20-14-13-11(7-23-15(13)19-8-18-14)9-3-5-10(17)6-4-9/h3-8,12H,2H2,1H3,(H,21,22)(H,18,19,20). The zero-order chi connectivity index (χ0) is 16.4. The van der Waals surface area contributed by atoms with Crippen molar-refractivity contribution in [3.8, 4) is 11.1 Å². The molecule has 0 radical (unpaired) electrons. The van der Waals surface area contributed by atoms with Crippen molar-refractivity contribution in [3.63, 3.8) is 0 Å². The molecule has 0 spiro atoms. The summed E-state index contributed by atoms with van der Waals surface area (Å²) >= 11 is 7.44. The Balaban J connectivity index is 2.10. The molecule has 1 unspecified atom stereocenters. The van der Waals surface area contributed by atoms with Crippen molar-refractivity contribution < 1.29 is 9.90 Å². The summed E-state index contributed by atoms with van der Waals surface area (Å²) < 4.78 is 0. The van der Waals surface area contributed by atoms with Crippen LogP contribution in [0.15, 0.2) is 36.0 Å². The first-order valence-corrected chi connectivity index (χ1v) is 8.33. The topological polar surface area (TPSA) is 75.1 Å². The lowest BCUT2D eigenvalue weighted by molar-refractivity contribution is -0.137. The number of nitrogens with one attached hydrogen (secondary N) is 1. The van der Waals surface area contributed by atoms with Crippen LogP contribution in [0.25, 0.3) is 21.3 Å². The molecule has 0 fully saturated rings. The van der Waals surface area contributed by atoms with Gasteiger partial charge >= 0.3 is 5.97 Å². The number of halogens is 1. The number of aromatic nitrogens is 2. The Labute approximate surface area is 142 Å². The van der Waals surface area contributed by atoms with Crippen LogP contribution in [0.4, 0.5) is 5.82 Å². The zero-order valence-corrected chi connectivity index (χ0v) is 13.9. The highest BCUT2D eigenvalue weighted by atomic mass is 35.5. The van der Waals surface area contributed by atoms with Gasteiger partial charge in [0.2, 0.25) is 0 Å². The predicted molar refractivity (Wildman–Crippen MR) is 93.2 cm³/mol. The van der Waals surface area contributed by atoms with Gasteiger partial charge < -0.3 is 10.4 Å². The van der Waals surface area contributed by atoms with E-state index in [4.69, 9.17) is 11.6 Å². The molecule has 0 aliphatic rings. The normalized spacial score (nSPS) is 12.3. The van der Waals surface area contributed by atoms with Gasteiger partial charge in [0.15, 0.2) is 0 Å². The van der Waals surface area contributed by atoms with E-state index in [1.807, 2.05) is 36.6 Å². The van der Waals surface area contributed by atoms with Gasteiger partial charge in [-0.1, -0.05) is 30.7 Å². The highest BCUT2D eigenvalue weighted by Crippen LogP contribution is 2.37. The van der Waals surface area contributed by atoms with Crippen LogP contribution < -0.4 is 5.32 Å². The number of anilines is 1. The summed E-state index contributed by atoms with van der Waals surface area (Å²) in [5, 5.41) is 15.8. The van der Waals surface area contributed by atoms with Crippen molar-refractivity contribution in [1.82, 2.24) is 9.97 Å². The summed E-state index contributed by atoms with van der Waals surface area (Å²) in [7, 11) is 0. The van der Waals surface area contributed by atoms with E-state index in [2.05, 4.69) is 15.3 Å². The molecule has 7 heteroatoms. The van der Waals surface area contributed by atoms with Gasteiger partial charge in [0, 0.05) is 16.0 Å². The first-order valence-electron chi connectivity index (χ1n) is 7.07. The lowest BCUT2D eigenvalue weighted by Crippen LogP contribution is -2.28. The third-order valence-corrected chi connectivity index (χ3v) is 4.68. The molecule has 0 aliphatic heterocycles. The number of fused-ring (bicyclic) bond motifs is 1. The number of thiophene rings is 1. The number of benzene rings is 1. The highest BCUT2D eigenvalue weighted by Gasteiger charge is 2.19. The summed E-state index contributed by atoms with van der Waals surface area (Å²) in [5.41, 5.74) is 1.95. The maximum Gasteiger partial charge on any atom is 0.326 e. The van der Waals surface area contributed by atoms with Gasteiger partial charge in [-0.05, 0) is 24.1 Å². The fourth-order valence-corrected chi connectivity index (χ4v) is 3.37. The molecule has 1 atom stereocenters. The maximum atomic E-state index is 11.3. The SMILES string of the molecule is CCC(Nc1ncnc2scc(-c3ccc(Cl)cc3)c12)C(=O)O. The third kappa shape index (κ3) is 3.13. The van der Waals surface area contributed by atoms with Gasteiger partial charge in [-0.2, -0.15) is 0 Å². The molecule has 0 amide bonds. The minimum atomic E-state index is -0.900. The fraction of sp³-hybridized carbons (Fsp3) is 0.188. The van der Waals surface area contributed by atoms with Crippen LogP contribution in [0.1, 0.15) is 13.3 Å². The lowest BCUT2D eigenvalue weighted by atomic mass is 10.1. The second-order valence-corrected chi connectivity index (χ2v) is 6.30. The van der Waals surface area contributed by atoms with Gasteiger partial charge in [-0.15, -0.1) is 11.3 Å². The fourth-order valence-electron chi connectivity index (χ4n) is 2.33. The molecule has 2 aromatic heterocycles. The van der Waals surface area contributed by atoms with Crippen molar-refractivity contribution in [2.45, 2.75) is 19.4 Å². The third-order valence-electron chi connectivity index (χ3n) is 3.54. The molecule has 5 nitrogen and oxygen atoms in total. The molecule has 1 aromatic carbocycles. The Morgan fingerprint density at radius 3 is 2.74 bits per heavy atom. The lowest BCUT2D eigenvalue weighted by Gasteiger charge is -2.14. The van der Waals surface area contributed by atoms with E-state index >= 15 is 0 Å². The Morgan fingerprint density at radius 2 is 2.09 bits per heavy atom. The van der Waals surface area contributed by atoms with Gasteiger partial charge in [0.1, 0.15) is 23.0 Å². The van der Waals surface area contributed by atoms with Crippen molar-refractivity contribution in [1.29, 1.82) is 0 Å². The van der Waals surface area contributed by atoms with E-state index in [0.29, 0.717) is 17.3 Å². The summed E-state index contributed by atoms with van der Waals surface area (Å²) in [5.74, 6) is -0.363. The van der Waals surface area contributed by atoms with Crippen molar-refractivity contribution >= 4 is 44.9 Å². The molecule has 3 aromatic rings. The van der Waals surface area contributed by atoms with E-state index in [1.165, 1.54) is 17.7 Å². The number of carboxylic acids is 1. The van der Waals surface area contributed by atoms with Crippen LogP contribution in [-0.4, -0.2) is 27.1 Å². The minimum absolute atomic E-state index is 0.460. The first kappa shape index (κ1) is 15.7. The summed E-state index contributed by atoms with van der Waals surface area (Å²) in [6, 6.07) is 6.81. The van der Waals surface area contributed by atoms with Gasteiger partial charge in [0.25, 0.3) is 0 Å². The molecule has 23 heavy (non-hydrogen) atoms. The van der Waals surface area contributed by atoms with E-state index < -0.39 is 12.0 Å². The molecule has 2 N–H and O–H groups in total. The molecule has 3 rings (SSSR count). The number of hydrogen-bond donors (Lipinski definition) is 2. The van der Waals surface area contributed by atoms with Crippen molar-refractivity contribution in [3.05, 3.63) is 41.0 Å². The number of carboxylic acid groups (broad SMARTS) is 1. The van der Waals surface area contributed by atoms with Crippen LogP contribution in [0.3, 0.4) is 0 Å². The van der Waals surface area contributed by atoms with Crippen LogP contribution in [0.2, 0.25) is 5.02 Å². The van der Waals surface area contributed by atoms with E-state index in [0.717, 1.165) is 21.3 Å². The Kier molecular flexibility index (Phi) is 4.45. The molecule has 0 saturated heterocycles. The zero-order valence-electron chi connectivity index (χ0n) is 12.3. The molecule has 0 saturated carbocycles. The molecule has 0 bridgehead atoms. The molecule has 0 aliphatic carbocycles. The van der Waals surface area contributed by atoms with Crippen LogP contribution >= 0.6 is 22.9 Å². The van der Waals surface area contributed by atoms with Gasteiger partial charge in [-0.3, -0.25) is 0 Å². The quantitative estimate of drug-likeness (QED) is 0.720. The van der Waals surface area contributed by atoms with Crippen LogP contribution in [-0.2, 0) is 4.79 Å². The second-order valence-electron chi connectivity index (χ2n) is 5.00. The largest absolute Gasteiger partial charge is 0.480 e. The summed E-state index contributed by atoms with van der Waals surface area (Å²) in [6.45, 7) is 1.82. The Morgan fingerprint density at radius 1 is 1.35 bits per heavy atom. The summed E-state index contributed by atoms with van der Waals surface area (Å²) in [6.07, 6.45) is 1.91. The average molecular weight is 348 g/mol. The molecule has 118 valence electrons. The Bertz CT molecular complexity index is 848. The van der Waals surface area contributed by atoms with Crippen LogP contribution in [0, 0.1) is 0 Å². The number of hydrogen-bond acceptors (Lipinski definition) is 5.